The lowest BCUT2D eigenvalue weighted by molar-refractivity contribution is -0.167. The van der Waals surface area contributed by atoms with Gasteiger partial charge in [-0.1, -0.05) is 32.9 Å². The Morgan fingerprint density at radius 1 is 1.25 bits per heavy atom. The lowest BCUT2D eigenvalue weighted by Gasteiger charge is -2.42. The van der Waals surface area contributed by atoms with Gasteiger partial charge in [0.05, 0.1) is 7.11 Å². The normalized spacial score (nSPS) is 17.1. The van der Waals surface area contributed by atoms with Crippen molar-refractivity contribution in [2.45, 2.75) is 27.1 Å². The Labute approximate surface area is 96.8 Å². The Hall–Kier alpha value is -0.995. The zero-order valence-corrected chi connectivity index (χ0v) is 10.2. The molecular formula is C12H17BO3. The van der Waals surface area contributed by atoms with Gasteiger partial charge in [-0.05, 0) is 17.6 Å². The summed E-state index contributed by atoms with van der Waals surface area (Å²) in [4.78, 5) is 0. The van der Waals surface area contributed by atoms with Gasteiger partial charge in [0.15, 0.2) is 0 Å². The predicted molar refractivity (Wildman–Crippen MR) is 63.8 cm³/mol. The molecule has 16 heavy (non-hydrogen) atoms. The zero-order chi connectivity index (χ0) is 11.8. The highest BCUT2D eigenvalue weighted by atomic mass is 16.8. The maximum absolute atomic E-state index is 5.71. The highest BCUT2D eigenvalue weighted by molar-refractivity contribution is 6.62. The zero-order valence-electron chi connectivity index (χ0n) is 10.2. The third-order valence-electron chi connectivity index (χ3n) is 2.57. The second-order valence-corrected chi connectivity index (χ2v) is 5.08. The summed E-state index contributed by atoms with van der Waals surface area (Å²) in [6.07, 6.45) is -0.122. The van der Waals surface area contributed by atoms with E-state index in [0.29, 0.717) is 0 Å². The van der Waals surface area contributed by atoms with Crippen LogP contribution >= 0.6 is 0 Å². The van der Waals surface area contributed by atoms with Crippen LogP contribution in [0.3, 0.4) is 0 Å². The second kappa shape index (κ2) is 4.11. The maximum Gasteiger partial charge on any atom is 0.497 e. The molecule has 1 aromatic rings. The quantitative estimate of drug-likeness (QED) is 0.711. The van der Waals surface area contributed by atoms with Crippen LogP contribution in [0.5, 0.6) is 5.75 Å². The summed E-state index contributed by atoms with van der Waals surface area (Å²) in [5.74, 6) is 0.823. The first-order chi connectivity index (χ1) is 7.50. The van der Waals surface area contributed by atoms with Gasteiger partial charge in [0.25, 0.3) is 0 Å². The van der Waals surface area contributed by atoms with E-state index >= 15 is 0 Å². The molecule has 0 N–H and O–H groups in total. The molecule has 0 atom stereocenters. The molecule has 1 saturated heterocycles. The molecule has 1 heterocycles. The summed E-state index contributed by atoms with van der Waals surface area (Å²) >= 11 is 0. The number of rotatable bonds is 2. The lowest BCUT2D eigenvalue weighted by Crippen LogP contribution is -2.57. The first-order valence-electron chi connectivity index (χ1n) is 5.45. The largest absolute Gasteiger partial charge is 0.497 e. The fraction of sp³-hybridized carbons (Fsp3) is 0.500. The maximum atomic E-state index is 5.71. The molecule has 1 aliphatic heterocycles. The Morgan fingerprint density at radius 2 is 1.94 bits per heavy atom. The van der Waals surface area contributed by atoms with Gasteiger partial charge in [-0.25, -0.2) is 0 Å². The molecule has 4 heteroatoms. The third kappa shape index (κ3) is 2.23. The van der Waals surface area contributed by atoms with Crippen LogP contribution in [0.15, 0.2) is 24.3 Å². The van der Waals surface area contributed by atoms with Crippen molar-refractivity contribution in [2.24, 2.45) is 5.41 Å². The molecule has 0 saturated carbocycles. The monoisotopic (exact) mass is 220 g/mol. The lowest BCUT2D eigenvalue weighted by atomic mass is 9.74. The van der Waals surface area contributed by atoms with Gasteiger partial charge >= 0.3 is 7.12 Å². The summed E-state index contributed by atoms with van der Waals surface area (Å²) in [5.41, 5.74) is 1.02. The molecule has 0 unspecified atom stereocenters. The van der Waals surface area contributed by atoms with Gasteiger partial charge in [0, 0.05) is 5.41 Å². The second-order valence-electron chi connectivity index (χ2n) is 5.08. The fourth-order valence-corrected chi connectivity index (χ4v) is 1.59. The molecule has 86 valence electrons. The fourth-order valence-electron chi connectivity index (χ4n) is 1.59. The molecule has 0 bridgehead atoms. The van der Waals surface area contributed by atoms with Gasteiger partial charge in [-0.3, -0.25) is 0 Å². The molecule has 1 aromatic carbocycles. The van der Waals surface area contributed by atoms with Crippen LogP contribution in [0.2, 0.25) is 0 Å². The smallest absolute Gasteiger partial charge is 0.497 e. The van der Waals surface area contributed by atoms with Crippen LogP contribution in [0.4, 0.5) is 0 Å². The van der Waals surface area contributed by atoms with Crippen LogP contribution in [-0.2, 0) is 9.31 Å². The summed E-state index contributed by atoms with van der Waals surface area (Å²) in [5, 5.41) is 0. The van der Waals surface area contributed by atoms with Crippen molar-refractivity contribution >= 4 is 12.6 Å². The molecule has 0 aromatic heterocycles. The van der Waals surface area contributed by atoms with Gasteiger partial charge in [0.1, 0.15) is 12.0 Å². The van der Waals surface area contributed by atoms with E-state index in [0.717, 1.165) is 11.2 Å². The van der Waals surface area contributed by atoms with Gasteiger partial charge < -0.3 is 14.0 Å². The Balaban J connectivity index is 2.01. The van der Waals surface area contributed by atoms with Crippen LogP contribution in [0.1, 0.15) is 20.8 Å². The molecule has 1 aliphatic rings. The van der Waals surface area contributed by atoms with E-state index in [4.69, 9.17) is 14.0 Å². The van der Waals surface area contributed by atoms with Gasteiger partial charge in [-0.15, -0.1) is 0 Å². The first-order valence-corrected chi connectivity index (χ1v) is 5.45. The average Bonchev–Trinajstić information content (AvgIpc) is 2.13. The molecular weight excluding hydrogens is 203 g/mol. The predicted octanol–water partition coefficient (Wildman–Crippen LogP) is 1.81. The van der Waals surface area contributed by atoms with E-state index in [9.17, 15) is 0 Å². The van der Waals surface area contributed by atoms with E-state index in [1.54, 1.807) is 7.11 Å². The van der Waals surface area contributed by atoms with Crippen LogP contribution in [0, 0.1) is 5.41 Å². The van der Waals surface area contributed by atoms with E-state index in [2.05, 4.69) is 20.8 Å². The first kappa shape index (κ1) is 11.5. The van der Waals surface area contributed by atoms with E-state index in [1.165, 1.54) is 0 Å². The van der Waals surface area contributed by atoms with Crippen molar-refractivity contribution in [3.8, 4) is 5.75 Å². The number of hydrogen-bond donors (Lipinski definition) is 0. The van der Waals surface area contributed by atoms with E-state index in [1.807, 2.05) is 24.3 Å². The van der Waals surface area contributed by atoms with Crippen LogP contribution < -0.4 is 10.2 Å². The van der Waals surface area contributed by atoms with Crippen LogP contribution in [0.25, 0.3) is 0 Å². The van der Waals surface area contributed by atoms with E-state index in [-0.39, 0.29) is 18.8 Å². The molecule has 2 rings (SSSR count). The summed E-state index contributed by atoms with van der Waals surface area (Å²) in [6.45, 7) is 6.29. The van der Waals surface area contributed by atoms with Crippen molar-refractivity contribution in [3.05, 3.63) is 24.3 Å². The van der Waals surface area contributed by atoms with Crippen molar-refractivity contribution in [3.63, 3.8) is 0 Å². The molecule has 0 radical (unpaired) electrons. The van der Waals surface area contributed by atoms with Gasteiger partial charge in [-0.2, -0.15) is 0 Å². The van der Waals surface area contributed by atoms with Crippen molar-refractivity contribution in [1.82, 2.24) is 0 Å². The Morgan fingerprint density at radius 3 is 2.50 bits per heavy atom. The number of hydrogen-bond acceptors (Lipinski definition) is 3. The molecule has 0 spiro atoms. The molecule has 0 aliphatic carbocycles. The highest BCUT2D eigenvalue weighted by Crippen LogP contribution is 2.30. The van der Waals surface area contributed by atoms with Crippen LogP contribution in [-0.4, -0.2) is 20.5 Å². The highest BCUT2D eigenvalue weighted by Gasteiger charge is 2.44. The number of methoxy groups -OCH3 is 1. The van der Waals surface area contributed by atoms with Crippen molar-refractivity contribution in [1.29, 1.82) is 0 Å². The number of benzene rings is 1. The summed E-state index contributed by atoms with van der Waals surface area (Å²) in [6, 6.07) is 7.75. The topological polar surface area (TPSA) is 27.7 Å². The van der Waals surface area contributed by atoms with Crippen molar-refractivity contribution < 1.29 is 14.0 Å². The van der Waals surface area contributed by atoms with Gasteiger partial charge in [0.2, 0.25) is 0 Å². The van der Waals surface area contributed by atoms with Crippen molar-refractivity contribution in [2.75, 3.05) is 7.11 Å². The molecule has 1 fully saturated rings. The standard InChI is InChI=1S/C12H17BO3/c1-12(2,3)11-15-13(16-11)9-6-5-7-10(8-9)14-4/h5-8,11H,1-4H3. The Bertz CT molecular complexity index is 367. The summed E-state index contributed by atoms with van der Waals surface area (Å²) < 4.78 is 16.6. The third-order valence-corrected chi connectivity index (χ3v) is 2.57. The van der Waals surface area contributed by atoms with E-state index < -0.39 is 0 Å². The minimum atomic E-state index is -0.251. The minimum Gasteiger partial charge on any atom is -0.497 e. The summed E-state index contributed by atoms with van der Waals surface area (Å²) in [7, 11) is 1.40. The Kier molecular flexibility index (Phi) is 2.95. The number of ether oxygens (including phenoxy) is 1. The minimum absolute atomic E-state index is 0.0232. The average molecular weight is 220 g/mol. The SMILES string of the molecule is COc1cccc(B2OC(C(C)(C)C)O2)c1. The molecule has 3 nitrogen and oxygen atoms in total. The molecule has 0 amide bonds.